The van der Waals surface area contributed by atoms with Crippen molar-refractivity contribution in [1.82, 2.24) is 15.0 Å². The topological polar surface area (TPSA) is 72.0 Å². The van der Waals surface area contributed by atoms with Gasteiger partial charge in [0.1, 0.15) is 0 Å². The van der Waals surface area contributed by atoms with Gasteiger partial charge in [-0.2, -0.15) is 15.0 Å². The van der Waals surface area contributed by atoms with Gasteiger partial charge in [0.25, 0.3) is 0 Å². The van der Waals surface area contributed by atoms with E-state index in [9.17, 15) is 0 Å². The number of anilines is 2. The molecule has 0 aliphatic carbocycles. The van der Waals surface area contributed by atoms with Crippen molar-refractivity contribution in [2.45, 2.75) is 72.4 Å². The SMILES string of the molecule is CCCNc1nc(NC(C)(CC)CC)nc(OC(C)C)n1. The minimum atomic E-state index is -0.0293. The molecule has 1 aromatic heterocycles. The molecule has 0 unspecified atom stereocenters. The van der Waals surface area contributed by atoms with E-state index in [4.69, 9.17) is 4.74 Å². The quantitative estimate of drug-likeness (QED) is 0.727. The zero-order valence-corrected chi connectivity index (χ0v) is 14.2. The van der Waals surface area contributed by atoms with Crippen LogP contribution in [0.1, 0.15) is 60.8 Å². The Balaban J connectivity index is 3.00. The number of rotatable bonds is 9. The maximum Gasteiger partial charge on any atom is 0.323 e. The standard InChI is InChI=1S/C15H29N5O/c1-7-10-16-12-17-13(20-15(6,8-2)9-3)19-14(18-12)21-11(4)5/h11H,7-10H2,1-6H3,(H2,16,17,18,19,20). The summed E-state index contributed by atoms with van der Waals surface area (Å²) < 4.78 is 5.62. The van der Waals surface area contributed by atoms with E-state index in [0.29, 0.717) is 17.9 Å². The lowest BCUT2D eigenvalue weighted by Gasteiger charge is -2.28. The molecule has 1 heterocycles. The second-order valence-corrected chi connectivity index (χ2v) is 5.75. The Morgan fingerprint density at radius 1 is 1.05 bits per heavy atom. The number of nitrogens with one attached hydrogen (secondary N) is 2. The van der Waals surface area contributed by atoms with Crippen LogP contribution in [-0.4, -0.2) is 33.1 Å². The zero-order chi connectivity index (χ0) is 15.9. The van der Waals surface area contributed by atoms with Crippen molar-refractivity contribution in [2.24, 2.45) is 0 Å². The summed E-state index contributed by atoms with van der Waals surface area (Å²) in [5, 5.41) is 6.59. The van der Waals surface area contributed by atoms with Gasteiger partial charge in [0.05, 0.1) is 6.10 Å². The number of hydrogen-bond acceptors (Lipinski definition) is 6. The van der Waals surface area contributed by atoms with Crippen LogP contribution >= 0.6 is 0 Å². The first-order valence-corrected chi connectivity index (χ1v) is 7.87. The molecule has 0 amide bonds. The molecule has 0 aliphatic heterocycles. The lowest BCUT2D eigenvalue weighted by Crippen LogP contribution is -2.34. The van der Waals surface area contributed by atoms with Crippen molar-refractivity contribution in [1.29, 1.82) is 0 Å². The second kappa shape index (κ2) is 8.00. The van der Waals surface area contributed by atoms with Crippen LogP contribution in [0.4, 0.5) is 11.9 Å². The van der Waals surface area contributed by atoms with Crippen LogP contribution in [0, 0.1) is 0 Å². The third-order valence-corrected chi connectivity index (χ3v) is 3.46. The lowest BCUT2D eigenvalue weighted by molar-refractivity contribution is 0.222. The van der Waals surface area contributed by atoms with Crippen molar-refractivity contribution >= 4 is 11.9 Å². The van der Waals surface area contributed by atoms with Crippen molar-refractivity contribution in [3.05, 3.63) is 0 Å². The Morgan fingerprint density at radius 2 is 1.67 bits per heavy atom. The molecule has 0 aliphatic rings. The highest BCUT2D eigenvalue weighted by Gasteiger charge is 2.21. The first-order valence-electron chi connectivity index (χ1n) is 7.87. The average molecular weight is 295 g/mol. The van der Waals surface area contributed by atoms with Gasteiger partial charge in [0, 0.05) is 12.1 Å². The molecule has 0 spiro atoms. The summed E-state index contributed by atoms with van der Waals surface area (Å²) >= 11 is 0. The van der Waals surface area contributed by atoms with Gasteiger partial charge in [-0.1, -0.05) is 20.8 Å². The highest BCUT2D eigenvalue weighted by atomic mass is 16.5. The minimum absolute atomic E-state index is 0.0293. The van der Waals surface area contributed by atoms with Crippen LogP contribution in [0.2, 0.25) is 0 Å². The molecule has 0 saturated carbocycles. The first kappa shape index (κ1) is 17.5. The number of ether oxygens (including phenoxy) is 1. The van der Waals surface area contributed by atoms with Gasteiger partial charge in [-0.05, 0) is 40.0 Å². The third-order valence-electron chi connectivity index (χ3n) is 3.46. The van der Waals surface area contributed by atoms with E-state index >= 15 is 0 Å². The molecule has 21 heavy (non-hydrogen) atoms. The maximum atomic E-state index is 5.62. The summed E-state index contributed by atoms with van der Waals surface area (Å²) in [4.78, 5) is 13.1. The molecule has 0 radical (unpaired) electrons. The van der Waals surface area contributed by atoms with Crippen LogP contribution < -0.4 is 15.4 Å². The van der Waals surface area contributed by atoms with E-state index in [0.717, 1.165) is 25.8 Å². The van der Waals surface area contributed by atoms with E-state index < -0.39 is 0 Å². The molecular weight excluding hydrogens is 266 g/mol. The van der Waals surface area contributed by atoms with Crippen molar-refractivity contribution in [2.75, 3.05) is 17.2 Å². The highest BCUT2D eigenvalue weighted by molar-refractivity contribution is 5.37. The predicted molar refractivity (Wildman–Crippen MR) is 87.0 cm³/mol. The molecule has 0 fully saturated rings. The van der Waals surface area contributed by atoms with Crippen molar-refractivity contribution in [3.63, 3.8) is 0 Å². The molecule has 0 aromatic carbocycles. The molecule has 1 aromatic rings. The molecule has 0 atom stereocenters. The molecule has 1 rings (SSSR count). The first-order chi connectivity index (χ1) is 9.92. The van der Waals surface area contributed by atoms with Gasteiger partial charge >= 0.3 is 6.01 Å². The number of hydrogen-bond donors (Lipinski definition) is 2. The molecule has 0 saturated heterocycles. The van der Waals surface area contributed by atoms with Crippen LogP contribution in [0.3, 0.4) is 0 Å². The van der Waals surface area contributed by atoms with Crippen molar-refractivity contribution < 1.29 is 4.74 Å². The Hall–Kier alpha value is -1.59. The van der Waals surface area contributed by atoms with Gasteiger partial charge in [0.2, 0.25) is 11.9 Å². The summed E-state index contributed by atoms with van der Waals surface area (Å²) in [6.45, 7) is 13.3. The Bertz CT molecular complexity index is 432. The molecule has 6 nitrogen and oxygen atoms in total. The summed E-state index contributed by atoms with van der Waals surface area (Å²) in [6.07, 6.45) is 3.03. The summed E-state index contributed by atoms with van der Waals surface area (Å²) in [5.74, 6) is 1.12. The minimum Gasteiger partial charge on any atom is -0.461 e. The van der Waals surface area contributed by atoms with Crippen LogP contribution in [0.5, 0.6) is 6.01 Å². The molecular formula is C15H29N5O. The fourth-order valence-electron chi connectivity index (χ4n) is 1.69. The molecule has 2 N–H and O–H groups in total. The van der Waals surface area contributed by atoms with Crippen molar-refractivity contribution in [3.8, 4) is 6.01 Å². The molecule has 6 heteroatoms. The Labute approximate surface area is 128 Å². The average Bonchev–Trinajstić information content (AvgIpc) is 2.44. The number of aromatic nitrogens is 3. The lowest BCUT2D eigenvalue weighted by atomic mass is 9.96. The normalized spacial score (nSPS) is 11.6. The fraction of sp³-hybridized carbons (Fsp3) is 0.800. The summed E-state index contributed by atoms with van der Waals surface area (Å²) in [7, 11) is 0. The third kappa shape index (κ3) is 5.73. The Kier molecular flexibility index (Phi) is 6.65. The fourth-order valence-corrected chi connectivity index (χ4v) is 1.69. The maximum absolute atomic E-state index is 5.62. The van der Waals surface area contributed by atoms with Crippen LogP contribution in [-0.2, 0) is 0 Å². The largest absolute Gasteiger partial charge is 0.461 e. The van der Waals surface area contributed by atoms with E-state index in [2.05, 4.69) is 53.3 Å². The highest BCUT2D eigenvalue weighted by Crippen LogP contribution is 2.21. The summed E-state index contributed by atoms with van der Waals surface area (Å²) in [5.41, 5.74) is -0.0293. The Morgan fingerprint density at radius 3 is 2.19 bits per heavy atom. The monoisotopic (exact) mass is 295 g/mol. The van der Waals surface area contributed by atoms with Gasteiger partial charge in [0.15, 0.2) is 0 Å². The van der Waals surface area contributed by atoms with Gasteiger partial charge in [-0.15, -0.1) is 0 Å². The second-order valence-electron chi connectivity index (χ2n) is 5.75. The van der Waals surface area contributed by atoms with Gasteiger partial charge < -0.3 is 15.4 Å². The molecule has 120 valence electrons. The van der Waals surface area contributed by atoms with Gasteiger partial charge in [-0.25, -0.2) is 0 Å². The molecule has 0 bridgehead atoms. The van der Waals surface area contributed by atoms with E-state index in [1.165, 1.54) is 0 Å². The van der Waals surface area contributed by atoms with Gasteiger partial charge in [-0.3, -0.25) is 0 Å². The van der Waals surface area contributed by atoms with Crippen LogP contribution in [0.15, 0.2) is 0 Å². The predicted octanol–water partition coefficient (Wildman–Crippen LogP) is 3.47. The zero-order valence-electron chi connectivity index (χ0n) is 14.2. The van der Waals surface area contributed by atoms with E-state index in [1.54, 1.807) is 0 Å². The summed E-state index contributed by atoms with van der Waals surface area (Å²) in [6, 6.07) is 0.357. The van der Waals surface area contributed by atoms with E-state index in [1.807, 2.05) is 13.8 Å². The smallest absolute Gasteiger partial charge is 0.323 e. The van der Waals surface area contributed by atoms with Crippen LogP contribution in [0.25, 0.3) is 0 Å². The number of nitrogens with zero attached hydrogens (tertiary/aromatic N) is 3. The van der Waals surface area contributed by atoms with E-state index in [-0.39, 0.29) is 11.6 Å².